The Kier molecular flexibility index (Phi) is 4.66. The highest BCUT2D eigenvalue weighted by Gasteiger charge is 2.04. The van der Waals surface area contributed by atoms with Crippen molar-refractivity contribution in [2.24, 2.45) is 0 Å². The normalized spacial score (nSPS) is 10.6. The van der Waals surface area contributed by atoms with Gasteiger partial charge in [-0.05, 0) is 30.7 Å². The summed E-state index contributed by atoms with van der Waals surface area (Å²) < 4.78 is 2.99. The molecule has 0 aliphatic heterocycles. The molecule has 1 aromatic heterocycles. The van der Waals surface area contributed by atoms with E-state index in [2.05, 4.69) is 33.3 Å². The molecule has 0 saturated heterocycles. The molecule has 18 heavy (non-hydrogen) atoms. The third kappa shape index (κ3) is 3.27. The molecule has 2 rings (SSSR count). The van der Waals surface area contributed by atoms with Crippen LogP contribution in [0.1, 0.15) is 19.0 Å². The van der Waals surface area contributed by atoms with Gasteiger partial charge in [0.15, 0.2) is 0 Å². The molecule has 96 valence electrons. The van der Waals surface area contributed by atoms with E-state index in [0.29, 0.717) is 5.02 Å². The molecule has 1 aromatic carbocycles. The first kappa shape index (κ1) is 13.4. The lowest BCUT2D eigenvalue weighted by Crippen LogP contribution is -2.09. The zero-order valence-corrected chi connectivity index (χ0v) is 12.5. The van der Waals surface area contributed by atoms with Gasteiger partial charge in [0.05, 0.1) is 22.9 Å². The van der Waals surface area contributed by atoms with Crippen molar-refractivity contribution in [3.8, 4) is 0 Å². The molecule has 0 fully saturated rings. The van der Waals surface area contributed by atoms with Gasteiger partial charge in [0.2, 0.25) is 0 Å². The lowest BCUT2D eigenvalue weighted by Gasteiger charge is -2.10. The summed E-state index contributed by atoms with van der Waals surface area (Å²) in [7, 11) is 0. The number of halogens is 2. The van der Waals surface area contributed by atoms with Gasteiger partial charge in [-0.25, -0.2) is 0 Å². The number of anilines is 1. The molecule has 5 heteroatoms. The highest BCUT2D eigenvalue weighted by molar-refractivity contribution is 9.10. The fraction of sp³-hybridized carbons (Fsp3) is 0.308. The first-order chi connectivity index (χ1) is 8.70. The minimum atomic E-state index is 0.714. The quantitative estimate of drug-likeness (QED) is 0.886. The molecule has 0 atom stereocenters. The Bertz CT molecular complexity index is 525. The van der Waals surface area contributed by atoms with Crippen molar-refractivity contribution >= 4 is 33.2 Å². The van der Waals surface area contributed by atoms with Crippen LogP contribution in [0.15, 0.2) is 34.9 Å². The summed E-state index contributed by atoms with van der Waals surface area (Å²) >= 11 is 9.55. The van der Waals surface area contributed by atoms with E-state index in [0.717, 1.165) is 35.4 Å². The monoisotopic (exact) mass is 327 g/mol. The van der Waals surface area contributed by atoms with E-state index in [9.17, 15) is 0 Å². The van der Waals surface area contributed by atoms with E-state index < -0.39 is 0 Å². The second kappa shape index (κ2) is 6.25. The first-order valence-electron chi connectivity index (χ1n) is 5.90. The number of nitrogens with one attached hydrogen (secondary N) is 1. The van der Waals surface area contributed by atoms with Crippen LogP contribution < -0.4 is 5.32 Å². The summed E-state index contributed by atoms with van der Waals surface area (Å²) in [6, 6.07) is 7.84. The molecule has 0 spiro atoms. The second-order valence-corrected chi connectivity index (χ2v) is 5.35. The van der Waals surface area contributed by atoms with Crippen LogP contribution in [-0.4, -0.2) is 9.78 Å². The topological polar surface area (TPSA) is 29.9 Å². The van der Waals surface area contributed by atoms with E-state index in [1.807, 2.05) is 35.1 Å². The van der Waals surface area contributed by atoms with Crippen molar-refractivity contribution in [2.75, 3.05) is 5.32 Å². The minimum Gasteiger partial charge on any atom is -0.378 e. The molecule has 0 aliphatic rings. The van der Waals surface area contributed by atoms with E-state index >= 15 is 0 Å². The summed E-state index contributed by atoms with van der Waals surface area (Å²) in [5, 5.41) is 8.33. The summed E-state index contributed by atoms with van der Waals surface area (Å²) in [5.74, 6) is 0. The highest BCUT2D eigenvalue weighted by Crippen LogP contribution is 2.25. The van der Waals surface area contributed by atoms with Crippen molar-refractivity contribution in [3.63, 3.8) is 0 Å². The van der Waals surface area contributed by atoms with E-state index in [1.54, 1.807) is 0 Å². The van der Waals surface area contributed by atoms with Crippen molar-refractivity contribution < 1.29 is 0 Å². The summed E-state index contributed by atoms with van der Waals surface area (Å²) in [4.78, 5) is 0. The maximum atomic E-state index is 6.16. The molecule has 2 aromatic rings. The zero-order valence-electron chi connectivity index (χ0n) is 10.2. The fourth-order valence-electron chi connectivity index (χ4n) is 1.74. The number of rotatable bonds is 5. The van der Waals surface area contributed by atoms with Gasteiger partial charge in [-0.3, -0.25) is 4.68 Å². The Morgan fingerprint density at radius 2 is 2.22 bits per heavy atom. The van der Waals surface area contributed by atoms with Crippen LogP contribution >= 0.6 is 27.5 Å². The number of benzene rings is 1. The van der Waals surface area contributed by atoms with Crippen molar-refractivity contribution in [3.05, 3.63) is 45.7 Å². The molecule has 1 heterocycles. The Morgan fingerprint density at radius 1 is 1.39 bits per heavy atom. The zero-order chi connectivity index (χ0) is 13.0. The number of aryl methyl sites for hydroxylation is 1. The SMILES string of the molecule is CCCn1nccc1CNc1ccc(Br)cc1Cl. The lowest BCUT2D eigenvalue weighted by molar-refractivity contribution is 0.578. The average molecular weight is 329 g/mol. The van der Waals surface area contributed by atoms with Gasteiger partial charge in [-0.2, -0.15) is 5.10 Å². The Hall–Kier alpha value is -1.000. The second-order valence-electron chi connectivity index (χ2n) is 4.02. The maximum Gasteiger partial charge on any atom is 0.0648 e. The summed E-state index contributed by atoms with van der Waals surface area (Å²) in [6.45, 7) is 3.81. The molecule has 0 saturated carbocycles. The van der Waals surface area contributed by atoms with Crippen LogP contribution in [0.25, 0.3) is 0 Å². The smallest absolute Gasteiger partial charge is 0.0648 e. The number of hydrogen-bond acceptors (Lipinski definition) is 2. The fourth-order valence-corrected chi connectivity index (χ4v) is 2.48. The first-order valence-corrected chi connectivity index (χ1v) is 7.07. The molecule has 1 N–H and O–H groups in total. The average Bonchev–Trinajstić information content (AvgIpc) is 2.76. The van der Waals surface area contributed by atoms with Crippen LogP contribution in [-0.2, 0) is 13.1 Å². The molecule has 0 aliphatic carbocycles. The Morgan fingerprint density at radius 3 is 2.94 bits per heavy atom. The summed E-state index contributed by atoms with van der Waals surface area (Å²) in [5.41, 5.74) is 2.10. The molecule has 0 unspecified atom stereocenters. The summed E-state index contributed by atoms with van der Waals surface area (Å²) in [6.07, 6.45) is 2.91. The molecular formula is C13H15BrClN3. The van der Waals surface area contributed by atoms with Gasteiger partial charge >= 0.3 is 0 Å². The van der Waals surface area contributed by atoms with Crippen LogP contribution in [0.2, 0.25) is 5.02 Å². The predicted molar refractivity (Wildman–Crippen MR) is 79.0 cm³/mol. The van der Waals surface area contributed by atoms with Crippen molar-refractivity contribution in [1.29, 1.82) is 0 Å². The van der Waals surface area contributed by atoms with Crippen LogP contribution in [0, 0.1) is 0 Å². The van der Waals surface area contributed by atoms with Crippen LogP contribution in [0.4, 0.5) is 5.69 Å². The molecular weight excluding hydrogens is 314 g/mol. The van der Waals surface area contributed by atoms with Gasteiger partial charge in [-0.1, -0.05) is 34.5 Å². The largest absolute Gasteiger partial charge is 0.378 e. The van der Waals surface area contributed by atoms with Gasteiger partial charge in [0.25, 0.3) is 0 Å². The number of aromatic nitrogens is 2. The third-order valence-electron chi connectivity index (χ3n) is 2.63. The van der Waals surface area contributed by atoms with Crippen LogP contribution in [0.5, 0.6) is 0 Å². The van der Waals surface area contributed by atoms with E-state index in [1.165, 1.54) is 0 Å². The van der Waals surface area contributed by atoms with Gasteiger partial charge < -0.3 is 5.32 Å². The number of hydrogen-bond donors (Lipinski definition) is 1. The van der Waals surface area contributed by atoms with E-state index in [-0.39, 0.29) is 0 Å². The van der Waals surface area contributed by atoms with E-state index in [4.69, 9.17) is 11.6 Å². The molecule has 3 nitrogen and oxygen atoms in total. The maximum absolute atomic E-state index is 6.16. The third-order valence-corrected chi connectivity index (χ3v) is 3.44. The lowest BCUT2D eigenvalue weighted by atomic mass is 10.3. The molecule has 0 bridgehead atoms. The van der Waals surface area contributed by atoms with Crippen molar-refractivity contribution in [2.45, 2.75) is 26.4 Å². The molecule has 0 amide bonds. The van der Waals surface area contributed by atoms with Crippen molar-refractivity contribution in [1.82, 2.24) is 9.78 Å². The predicted octanol–water partition coefficient (Wildman–Crippen LogP) is 4.32. The highest BCUT2D eigenvalue weighted by atomic mass is 79.9. The Labute approximate surface area is 120 Å². The molecule has 0 radical (unpaired) electrons. The minimum absolute atomic E-state index is 0.714. The Balaban J connectivity index is 2.04. The van der Waals surface area contributed by atoms with Gasteiger partial charge in [-0.15, -0.1) is 0 Å². The standard InChI is InChI=1S/C13H15BrClN3/c1-2-7-18-11(5-6-17-18)9-16-13-4-3-10(14)8-12(13)15/h3-6,8,16H,2,7,9H2,1H3. The van der Waals surface area contributed by atoms with Gasteiger partial charge in [0.1, 0.15) is 0 Å². The van der Waals surface area contributed by atoms with Crippen LogP contribution in [0.3, 0.4) is 0 Å². The van der Waals surface area contributed by atoms with Gasteiger partial charge in [0, 0.05) is 17.2 Å². The number of nitrogens with zero attached hydrogens (tertiary/aromatic N) is 2.